The van der Waals surface area contributed by atoms with Gasteiger partial charge in [-0.1, -0.05) is 20.8 Å². The largest absolute Gasteiger partial charge is 0.358 e. The molecule has 0 aromatic rings. The molecule has 0 radical (unpaired) electrons. The fourth-order valence-electron chi connectivity index (χ4n) is 1.43. The molecule has 0 aliphatic heterocycles. The molecule has 1 amide bonds. The minimum atomic E-state index is -3.90. The molecule has 19 heavy (non-hydrogen) atoms. The number of hydrogen-bond donors (Lipinski definition) is 1. The number of rotatable bonds is 8. The quantitative estimate of drug-likeness (QED) is 0.729. The molecule has 8 heteroatoms. The Hall–Kier alpha value is -0.760. The number of alkyl halides is 2. The second-order valence-corrected chi connectivity index (χ2v) is 7.02. The summed E-state index contributed by atoms with van der Waals surface area (Å²) in [5.41, 5.74) is -1.65. The molecule has 0 heterocycles. The zero-order valence-corrected chi connectivity index (χ0v) is 12.6. The van der Waals surface area contributed by atoms with Crippen LogP contribution in [0.15, 0.2) is 0 Å². The number of carbonyl (C=O) groups is 1. The van der Waals surface area contributed by atoms with Gasteiger partial charge in [0.1, 0.15) is 0 Å². The first-order chi connectivity index (χ1) is 8.56. The van der Waals surface area contributed by atoms with Gasteiger partial charge in [-0.2, -0.15) is 4.31 Å². The molecule has 0 unspecified atom stereocenters. The van der Waals surface area contributed by atoms with Crippen molar-refractivity contribution >= 4 is 15.9 Å². The van der Waals surface area contributed by atoms with Gasteiger partial charge in [-0.25, -0.2) is 17.2 Å². The Kier molecular flexibility index (Phi) is 6.85. The van der Waals surface area contributed by atoms with Crippen LogP contribution in [0.3, 0.4) is 0 Å². The van der Waals surface area contributed by atoms with E-state index < -0.39 is 33.5 Å². The zero-order chi connectivity index (χ0) is 15.3. The molecule has 0 bridgehead atoms. The first-order valence-corrected chi connectivity index (χ1v) is 7.64. The maximum atomic E-state index is 12.8. The summed E-state index contributed by atoms with van der Waals surface area (Å²) in [6.07, 6.45) is -2.24. The van der Waals surface area contributed by atoms with E-state index in [-0.39, 0.29) is 13.1 Å². The lowest BCUT2D eigenvalue weighted by atomic mass is 9.98. The summed E-state index contributed by atoms with van der Waals surface area (Å²) in [4.78, 5) is 11.3. The highest BCUT2D eigenvalue weighted by atomic mass is 32.2. The van der Waals surface area contributed by atoms with E-state index in [1.807, 2.05) is 0 Å². The highest BCUT2D eigenvalue weighted by molar-refractivity contribution is 7.89. The monoisotopic (exact) mass is 300 g/mol. The fraction of sp³-hybridized carbons (Fsp3) is 0.909. The maximum Gasteiger partial charge on any atom is 0.244 e. The Morgan fingerprint density at radius 2 is 1.89 bits per heavy atom. The third-order valence-electron chi connectivity index (χ3n) is 2.61. The Morgan fingerprint density at radius 3 is 2.26 bits per heavy atom. The predicted molar refractivity (Wildman–Crippen MR) is 69.5 cm³/mol. The third-order valence-corrected chi connectivity index (χ3v) is 4.82. The number of nitrogens with one attached hydrogen (secondary N) is 1. The number of nitrogens with zero attached hydrogens (tertiary/aromatic N) is 1. The van der Waals surface area contributed by atoms with E-state index in [0.29, 0.717) is 6.42 Å². The second kappa shape index (κ2) is 7.14. The molecule has 0 saturated heterocycles. The van der Waals surface area contributed by atoms with E-state index in [1.165, 1.54) is 20.9 Å². The molecule has 0 atom stereocenters. The Balaban J connectivity index is 5.04. The van der Waals surface area contributed by atoms with Crippen molar-refractivity contribution in [2.75, 3.05) is 25.9 Å². The molecule has 5 nitrogen and oxygen atoms in total. The van der Waals surface area contributed by atoms with Crippen molar-refractivity contribution in [2.24, 2.45) is 5.41 Å². The van der Waals surface area contributed by atoms with Gasteiger partial charge in [0.25, 0.3) is 0 Å². The number of carbonyl (C=O) groups excluding carboxylic acids is 1. The Bertz CT molecular complexity index is 397. The molecule has 0 rings (SSSR count). The van der Waals surface area contributed by atoms with Gasteiger partial charge in [0.2, 0.25) is 22.4 Å². The molecule has 0 spiro atoms. The molecule has 0 aromatic heterocycles. The van der Waals surface area contributed by atoms with Crippen LogP contribution < -0.4 is 5.32 Å². The SMILES string of the molecule is CCCN(CC(=O)NC)S(=O)(=O)CC(C)(C)C(F)F. The maximum absolute atomic E-state index is 12.8. The minimum Gasteiger partial charge on any atom is -0.358 e. The summed E-state index contributed by atoms with van der Waals surface area (Å²) in [7, 11) is -2.51. The molecule has 0 fully saturated rings. The van der Waals surface area contributed by atoms with Crippen molar-refractivity contribution in [3.05, 3.63) is 0 Å². The molecular formula is C11H22F2N2O3S. The van der Waals surface area contributed by atoms with Crippen LogP contribution in [0.4, 0.5) is 8.78 Å². The average Bonchev–Trinajstić information content (AvgIpc) is 2.26. The Labute approximate surface area is 113 Å². The number of sulfonamides is 1. The molecule has 0 saturated carbocycles. The van der Waals surface area contributed by atoms with Crippen molar-refractivity contribution in [3.8, 4) is 0 Å². The van der Waals surface area contributed by atoms with Crippen LogP contribution in [0.1, 0.15) is 27.2 Å². The standard InChI is InChI=1S/C11H22F2N2O3S/c1-5-6-15(7-9(16)14-4)19(17,18)8-11(2,3)10(12)13/h10H,5-8H2,1-4H3,(H,14,16). The second-order valence-electron chi connectivity index (χ2n) is 5.05. The van der Waals surface area contributed by atoms with E-state index in [2.05, 4.69) is 5.32 Å². The van der Waals surface area contributed by atoms with Crippen LogP contribution in [0.25, 0.3) is 0 Å². The molecule has 114 valence electrons. The predicted octanol–water partition coefficient (Wildman–Crippen LogP) is 1.07. The van der Waals surface area contributed by atoms with Gasteiger partial charge in [0.15, 0.2) is 0 Å². The average molecular weight is 300 g/mol. The number of hydrogen-bond acceptors (Lipinski definition) is 3. The highest BCUT2D eigenvalue weighted by Gasteiger charge is 2.37. The van der Waals surface area contributed by atoms with Crippen LogP contribution in [0.2, 0.25) is 0 Å². The number of amides is 1. The van der Waals surface area contributed by atoms with Crippen LogP contribution in [-0.2, 0) is 14.8 Å². The van der Waals surface area contributed by atoms with Gasteiger partial charge in [0, 0.05) is 19.0 Å². The van der Waals surface area contributed by atoms with Gasteiger partial charge >= 0.3 is 0 Å². The van der Waals surface area contributed by atoms with E-state index >= 15 is 0 Å². The number of likely N-dealkylation sites (N-methyl/N-ethyl adjacent to an activating group) is 1. The topological polar surface area (TPSA) is 66.5 Å². The van der Waals surface area contributed by atoms with Crippen molar-refractivity contribution in [1.82, 2.24) is 9.62 Å². The summed E-state index contributed by atoms with van der Waals surface area (Å²) in [5, 5.41) is 2.32. The van der Waals surface area contributed by atoms with Crippen LogP contribution in [-0.4, -0.2) is 50.9 Å². The van der Waals surface area contributed by atoms with Crippen LogP contribution in [0.5, 0.6) is 0 Å². The first-order valence-electron chi connectivity index (χ1n) is 6.03. The van der Waals surface area contributed by atoms with Crippen molar-refractivity contribution < 1.29 is 22.0 Å². The Morgan fingerprint density at radius 1 is 1.37 bits per heavy atom. The summed E-state index contributed by atoms with van der Waals surface area (Å²) in [5.74, 6) is -1.15. The van der Waals surface area contributed by atoms with E-state index in [1.54, 1.807) is 6.92 Å². The minimum absolute atomic E-state index is 0.134. The van der Waals surface area contributed by atoms with Crippen LogP contribution >= 0.6 is 0 Å². The van der Waals surface area contributed by atoms with Crippen molar-refractivity contribution in [2.45, 2.75) is 33.6 Å². The lowest BCUT2D eigenvalue weighted by molar-refractivity contribution is -0.120. The van der Waals surface area contributed by atoms with Crippen LogP contribution in [0, 0.1) is 5.41 Å². The molecule has 0 aromatic carbocycles. The molecular weight excluding hydrogens is 278 g/mol. The van der Waals surface area contributed by atoms with Crippen molar-refractivity contribution in [1.29, 1.82) is 0 Å². The van der Waals surface area contributed by atoms with E-state index in [9.17, 15) is 22.0 Å². The van der Waals surface area contributed by atoms with E-state index in [4.69, 9.17) is 0 Å². The lowest BCUT2D eigenvalue weighted by Gasteiger charge is -2.28. The number of halogens is 2. The van der Waals surface area contributed by atoms with Crippen molar-refractivity contribution in [3.63, 3.8) is 0 Å². The molecule has 0 aliphatic carbocycles. The van der Waals surface area contributed by atoms with Gasteiger partial charge < -0.3 is 5.32 Å². The smallest absolute Gasteiger partial charge is 0.244 e. The normalized spacial score (nSPS) is 13.1. The van der Waals surface area contributed by atoms with Gasteiger partial charge in [0.05, 0.1) is 12.3 Å². The molecule has 1 N–H and O–H groups in total. The van der Waals surface area contributed by atoms with Gasteiger partial charge in [-0.05, 0) is 6.42 Å². The van der Waals surface area contributed by atoms with Gasteiger partial charge in [-0.3, -0.25) is 4.79 Å². The summed E-state index contributed by atoms with van der Waals surface area (Å²) in [6, 6.07) is 0. The summed E-state index contributed by atoms with van der Waals surface area (Å²) >= 11 is 0. The third kappa shape index (κ3) is 5.82. The summed E-state index contributed by atoms with van der Waals surface area (Å²) in [6.45, 7) is 3.93. The highest BCUT2D eigenvalue weighted by Crippen LogP contribution is 2.27. The first kappa shape index (κ1) is 18.2. The molecule has 0 aliphatic rings. The fourth-order valence-corrected chi connectivity index (χ4v) is 3.45. The lowest BCUT2D eigenvalue weighted by Crippen LogP contribution is -2.44. The van der Waals surface area contributed by atoms with E-state index in [0.717, 1.165) is 4.31 Å². The van der Waals surface area contributed by atoms with Gasteiger partial charge in [-0.15, -0.1) is 0 Å². The zero-order valence-electron chi connectivity index (χ0n) is 11.7. The summed E-state index contributed by atoms with van der Waals surface area (Å²) < 4.78 is 50.7.